The minimum Gasteiger partial charge on any atom is -0.462 e. The Morgan fingerprint density at radius 1 is 1.22 bits per heavy atom. The third-order valence-electron chi connectivity index (χ3n) is 3.08. The molecular weight excluding hydrogens is 311 g/mol. The average molecular weight is 325 g/mol. The number of ether oxygens (including phenoxy) is 1. The molecule has 0 N–H and O–H groups in total. The molecule has 0 fully saturated rings. The van der Waals surface area contributed by atoms with Crippen LogP contribution in [0.25, 0.3) is 11.1 Å². The van der Waals surface area contributed by atoms with Crippen molar-refractivity contribution in [2.75, 3.05) is 6.61 Å². The Morgan fingerprint density at radius 3 is 2.43 bits per heavy atom. The molecule has 1 aromatic carbocycles. The van der Waals surface area contributed by atoms with Gasteiger partial charge in [-0.15, -0.1) is 0 Å². The van der Waals surface area contributed by atoms with Crippen LogP contribution in [0.5, 0.6) is 0 Å². The van der Waals surface area contributed by atoms with E-state index in [9.17, 15) is 22.8 Å². The zero-order valence-electron chi connectivity index (χ0n) is 12.3. The maximum atomic E-state index is 13.0. The number of carbonyl (C=O) groups is 1. The molecule has 0 aliphatic carbocycles. The first kappa shape index (κ1) is 16.8. The largest absolute Gasteiger partial charge is 0.462 e. The Kier molecular flexibility index (Phi) is 5.20. The van der Waals surface area contributed by atoms with Gasteiger partial charge in [0.1, 0.15) is 11.4 Å². The Hall–Kier alpha value is -2.57. The van der Waals surface area contributed by atoms with Gasteiger partial charge in [-0.3, -0.25) is 4.79 Å². The van der Waals surface area contributed by atoms with Gasteiger partial charge in [0.2, 0.25) is 5.43 Å². The number of esters is 1. The Balaban J connectivity index is 2.59. The number of hydrogen-bond donors (Lipinski definition) is 0. The lowest BCUT2D eigenvalue weighted by Crippen LogP contribution is -2.22. The van der Waals surface area contributed by atoms with Crippen LogP contribution in [0, 0.1) is 5.82 Å². The van der Waals surface area contributed by atoms with Crippen LogP contribution in [0.15, 0.2) is 41.5 Å². The molecule has 0 radical (unpaired) electrons. The lowest BCUT2D eigenvalue weighted by molar-refractivity contribution is 0.0522. The summed E-state index contributed by atoms with van der Waals surface area (Å²) in [6.07, 6.45) is -0.405. The minimum absolute atomic E-state index is 0.0243. The van der Waals surface area contributed by atoms with Crippen molar-refractivity contribution in [1.82, 2.24) is 4.57 Å². The molecule has 1 aromatic heterocycles. The summed E-state index contributed by atoms with van der Waals surface area (Å²) in [6, 6.07) is 4.97. The number of benzene rings is 1. The van der Waals surface area contributed by atoms with Crippen molar-refractivity contribution in [3.63, 3.8) is 0 Å². The van der Waals surface area contributed by atoms with Crippen LogP contribution in [-0.2, 0) is 11.3 Å². The van der Waals surface area contributed by atoms with Crippen molar-refractivity contribution < 1.29 is 22.7 Å². The van der Waals surface area contributed by atoms with Gasteiger partial charge in [0.15, 0.2) is 0 Å². The molecule has 0 amide bonds. The highest BCUT2D eigenvalue weighted by Crippen LogP contribution is 2.17. The molecule has 7 heteroatoms. The van der Waals surface area contributed by atoms with E-state index in [1.54, 1.807) is 6.92 Å². The zero-order chi connectivity index (χ0) is 17.0. The Labute approximate surface area is 130 Å². The summed E-state index contributed by atoms with van der Waals surface area (Å²) >= 11 is 0. The number of halogens is 3. The fourth-order valence-corrected chi connectivity index (χ4v) is 2.09. The molecule has 0 saturated heterocycles. The summed E-state index contributed by atoms with van der Waals surface area (Å²) in [5.41, 5.74) is -0.642. The molecule has 0 bridgehead atoms. The maximum absolute atomic E-state index is 13.0. The molecule has 1 heterocycles. The summed E-state index contributed by atoms with van der Waals surface area (Å²) in [6.45, 7) is 0.939. The number of carbonyl (C=O) groups excluding carboxylic acids is 1. The molecule has 4 nitrogen and oxygen atoms in total. The van der Waals surface area contributed by atoms with Crippen molar-refractivity contribution in [2.24, 2.45) is 0 Å². The highest BCUT2D eigenvalue weighted by molar-refractivity contribution is 5.90. The first-order chi connectivity index (χ1) is 10.9. The van der Waals surface area contributed by atoms with Crippen molar-refractivity contribution >= 4 is 5.97 Å². The number of aromatic nitrogens is 1. The fraction of sp³-hybridized carbons (Fsp3) is 0.250. The number of nitrogens with zero attached hydrogens (tertiary/aromatic N) is 1. The van der Waals surface area contributed by atoms with E-state index >= 15 is 0 Å². The zero-order valence-corrected chi connectivity index (χ0v) is 12.3. The molecule has 0 aliphatic heterocycles. The SMILES string of the molecule is CCOC(=O)c1cn(CC(F)F)cc(-c2ccc(F)cc2)c1=O. The van der Waals surface area contributed by atoms with Gasteiger partial charge in [-0.2, -0.15) is 0 Å². The van der Waals surface area contributed by atoms with Crippen LogP contribution in [0.1, 0.15) is 17.3 Å². The van der Waals surface area contributed by atoms with Crippen molar-refractivity contribution in [3.8, 4) is 11.1 Å². The lowest BCUT2D eigenvalue weighted by atomic mass is 10.0. The van der Waals surface area contributed by atoms with Crippen molar-refractivity contribution in [2.45, 2.75) is 19.9 Å². The summed E-state index contributed by atoms with van der Waals surface area (Å²) in [5.74, 6) is -1.38. The van der Waals surface area contributed by atoms with E-state index in [4.69, 9.17) is 4.74 Å². The van der Waals surface area contributed by atoms with E-state index in [-0.39, 0.29) is 17.7 Å². The van der Waals surface area contributed by atoms with Crippen LogP contribution < -0.4 is 5.43 Å². The van der Waals surface area contributed by atoms with E-state index in [0.717, 1.165) is 22.9 Å². The van der Waals surface area contributed by atoms with Crippen LogP contribution >= 0.6 is 0 Å². The Morgan fingerprint density at radius 2 is 1.87 bits per heavy atom. The third kappa shape index (κ3) is 4.00. The molecule has 2 rings (SSSR count). The monoisotopic (exact) mass is 325 g/mol. The van der Waals surface area contributed by atoms with Crippen molar-refractivity contribution in [3.05, 3.63) is 58.3 Å². The first-order valence-corrected chi connectivity index (χ1v) is 6.87. The van der Waals surface area contributed by atoms with Gasteiger partial charge in [0, 0.05) is 18.0 Å². The lowest BCUT2D eigenvalue weighted by Gasteiger charge is -2.11. The smallest absolute Gasteiger partial charge is 0.343 e. The van der Waals surface area contributed by atoms with E-state index in [1.807, 2.05) is 0 Å². The molecule has 0 saturated carbocycles. The van der Waals surface area contributed by atoms with Crippen LogP contribution in [0.4, 0.5) is 13.2 Å². The van der Waals surface area contributed by atoms with Crippen LogP contribution in [0.3, 0.4) is 0 Å². The van der Waals surface area contributed by atoms with Gasteiger partial charge in [0.05, 0.1) is 13.2 Å². The molecule has 0 unspecified atom stereocenters. The van der Waals surface area contributed by atoms with Crippen molar-refractivity contribution in [1.29, 1.82) is 0 Å². The summed E-state index contributed by atoms with van der Waals surface area (Å²) in [5, 5.41) is 0. The standard InChI is InChI=1S/C16H14F3NO3/c1-2-23-16(22)13-8-20(9-14(18)19)7-12(15(13)21)10-3-5-11(17)6-4-10/h3-8,14H,2,9H2,1H3. The summed E-state index contributed by atoms with van der Waals surface area (Å²) in [7, 11) is 0. The second kappa shape index (κ2) is 7.13. The normalized spacial score (nSPS) is 10.8. The molecule has 0 spiro atoms. The van der Waals surface area contributed by atoms with Gasteiger partial charge in [-0.1, -0.05) is 12.1 Å². The molecular formula is C16H14F3NO3. The topological polar surface area (TPSA) is 48.3 Å². The summed E-state index contributed by atoms with van der Waals surface area (Å²) in [4.78, 5) is 24.3. The van der Waals surface area contributed by atoms with E-state index in [0.29, 0.717) is 5.56 Å². The highest BCUT2D eigenvalue weighted by atomic mass is 19.3. The molecule has 0 aliphatic rings. The number of rotatable bonds is 5. The molecule has 23 heavy (non-hydrogen) atoms. The van der Waals surface area contributed by atoms with E-state index < -0.39 is 30.2 Å². The second-order valence-electron chi connectivity index (χ2n) is 4.73. The van der Waals surface area contributed by atoms with Gasteiger partial charge in [-0.25, -0.2) is 18.0 Å². The third-order valence-corrected chi connectivity index (χ3v) is 3.08. The van der Waals surface area contributed by atoms with Gasteiger partial charge < -0.3 is 9.30 Å². The minimum atomic E-state index is -2.66. The quantitative estimate of drug-likeness (QED) is 0.794. The average Bonchev–Trinajstić information content (AvgIpc) is 2.49. The highest BCUT2D eigenvalue weighted by Gasteiger charge is 2.18. The molecule has 122 valence electrons. The van der Waals surface area contributed by atoms with E-state index in [1.165, 1.54) is 18.3 Å². The van der Waals surface area contributed by atoms with E-state index in [2.05, 4.69) is 0 Å². The predicted octanol–water partition coefficient (Wildman–Crippen LogP) is 3.10. The first-order valence-electron chi connectivity index (χ1n) is 6.87. The van der Waals surface area contributed by atoms with Crippen LogP contribution in [-0.4, -0.2) is 23.6 Å². The maximum Gasteiger partial charge on any atom is 0.343 e. The van der Waals surface area contributed by atoms with Crippen LogP contribution in [0.2, 0.25) is 0 Å². The van der Waals surface area contributed by atoms with Gasteiger partial charge in [-0.05, 0) is 24.6 Å². The second-order valence-corrected chi connectivity index (χ2v) is 4.73. The van der Waals surface area contributed by atoms with Gasteiger partial charge >= 0.3 is 5.97 Å². The fourth-order valence-electron chi connectivity index (χ4n) is 2.09. The number of hydrogen-bond acceptors (Lipinski definition) is 3. The number of alkyl halides is 2. The molecule has 2 aromatic rings. The summed E-state index contributed by atoms with van der Waals surface area (Å²) < 4.78 is 44.1. The number of pyridine rings is 1. The molecule has 0 atom stereocenters. The van der Waals surface area contributed by atoms with Gasteiger partial charge in [0.25, 0.3) is 6.43 Å². The Bertz CT molecular complexity index is 754. The predicted molar refractivity (Wildman–Crippen MR) is 78.1 cm³/mol.